The molecule has 4 nitrogen and oxygen atoms in total. The number of hydrogen-bond acceptors (Lipinski definition) is 3. The number of hydrogen-bond donors (Lipinski definition) is 1. The normalized spacial score (nSPS) is 24.4. The minimum atomic E-state index is -0.289. The van der Waals surface area contributed by atoms with Crippen LogP contribution in [0.5, 0.6) is 0 Å². The molecule has 0 saturated heterocycles. The first-order valence-electron chi connectivity index (χ1n) is 7.50. The van der Waals surface area contributed by atoms with Crippen LogP contribution in [0.4, 0.5) is 0 Å². The van der Waals surface area contributed by atoms with E-state index >= 15 is 0 Å². The van der Waals surface area contributed by atoms with Gasteiger partial charge < -0.3 is 10.2 Å². The minimum absolute atomic E-state index is 0.0344. The predicted octanol–water partition coefficient (Wildman–Crippen LogP) is 3.05. The van der Waals surface area contributed by atoms with E-state index in [2.05, 4.69) is 6.92 Å². The highest BCUT2D eigenvalue weighted by molar-refractivity contribution is 5.74. The summed E-state index contributed by atoms with van der Waals surface area (Å²) in [6, 6.07) is 5.98. The highest BCUT2D eigenvalue weighted by atomic mass is 16.4. The molecule has 0 radical (unpaired) electrons. The topological polar surface area (TPSA) is 61.2 Å². The quantitative estimate of drug-likeness (QED) is 0.935. The SMILES string of the molecule is CCn1c(=O)oc2cc(C(N)C3CCCC3C)ccc21. The third-order valence-electron chi connectivity index (χ3n) is 4.78. The first-order chi connectivity index (χ1) is 9.61. The molecule has 1 heterocycles. The molecule has 1 aliphatic rings. The molecule has 1 aromatic heterocycles. The average molecular weight is 274 g/mol. The zero-order valence-electron chi connectivity index (χ0n) is 12.1. The summed E-state index contributed by atoms with van der Waals surface area (Å²) in [6.07, 6.45) is 3.73. The molecule has 0 bridgehead atoms. The van der Waals surface area contributed by atoms with Gasteiger partial charge in [-0.15, -0.1) is 0 Å². The second-order valence-corrected chi connectivity index (χ2v) is 5.94. The number of aryl methyl sites for hydroxylation is 1. The maximum absolute atomic E-state index is 11.7. The Morgan fingerprint density at radius 2 is 2.25 bits per heavy atom. The fourth-order valence-corrected chi connectivity index (χ4v) is 3.54. The molecule has 1 saturated carbocycles. The van der Waals surface area contributed by atoms with Gasteiger partial charge in [-0.2, -0.15) is 0 Å². The van der Waals surface area contributed by atoms with Crippen molar-refractivity contribution in [2.75, 3.05) is 0 Å². The van der Waals surface area contributed by atoms with Crippen molar-refractivity contribution in [2.45, 2.75) is 45.7 Å². The van der Waals surface area contributed by atoms with E-state index in [-0.39, 0.29) is 11.8 Å². The van der Waals surface area contributed by atoms with Crippen LogP contribution in [0.1, 0.15) is 44.7 Å². The van der Waals surface area contributed by atoms with Gasteiger partial charge in [0.1, 0.15) is 0 Å². The molecule has 0 amide bonds. The highest BCUT2D eigenvalue weighted by Crippen LogP contribution is 2.39. The van der Waals surface area contributed by atoms with Crippen molar-refractivity contribution in [1.29, 1.82) is 0 Å². The molecule has 2 N–H and O–H groups in total. The molecule has 1 aromatic carbocycles. The number of benzene rings is 1. The Morgan fingerprint density at radius 1 is 1.45 bits per heavy atom. The lowest BCUT2D eigenvalue weighted by atomic mass is 9.86. The molecule has 1 aliphatic carbocycles. The van der Waals surface area contributed by atoms with Crippen LogP contribution in [0.3, 0.4) is 0 Å². The van der Waals surface area contributed by atoms with Crippen LogP contribution in [0, 0.1) is 11.8 Å². The first kappa shape index (κ1) is 13.4. The maximum atomic E-state index is 11.7. The van der Waals surface area contributed by atoms with Crippen molar-refractivity contribution >= 4 is 11.1 Å². The second kappa shape index (κ2) is 5.09. The van der Waals surface area contributed by atoms with Gasteiger partial charge in [-0.25, -0.2) is 4.79 Å². The van der Waals surface area contributed by atoms with Gasteiger partial charge in [0.15, 0.2) is 5.58 Å². The van der Waals surface area contributed by atoms with Crippen LogP contribution >= 0.6 is 0 Å². The van der Waals surface area contributed by atoms with E-state index in [9.17, 15) is 4.79 Å². The highest BCUT2D eigenvalue weighted by Gasteiger charge is 2.29. The van der Waals surface area contributed by atoms with Gasteiger partial charge in [-0.05, 0) is 42.9 Å². The van der Waals surface area contributed by atoms with Crippen LogP contribution in [-0.2, 0) is 6.54 Å². The number of nitrogens with two attached hydrogens (primary N) is 1. The number of rotatable bonds is 3. The molecule has 3 rings (SSSR count). The molecular weight excluding hydrogens is 252 g/mol. The summed E-state index contributed by atoms with van der Waals surface area (Å²) in [7, 11) is 0. The van der Waals surface area contributed by atoms with Gasteiger partial charge in [-0.1, -0.05) is 25.8 Å². The smallest absolute Gasteiger partial charge is 0.408 e. The Hall–Kier alpha value is -1.55. The average Bonchev–Trinajstić information content (AvgIpc) is 2.99. The van der Waals surface area contributed by atoms with E-state index in [1.807, 2.05) is 25.1 Å². The third-order valence-corrected chi connectivity index (χ3v) is 4.78. The summed E-state index contributed by atoms with van der Waals surface area (Å²) in [5.41, 5.74) is 9.01. The summed E-state index contributed by atoms with van der Waals surface area (Å²) in [4.78, 5) is 11.7. The lowest BCUT2D eigenvalue weighted by molar-refractivity contribution is 0.351. The molecular formula is C16H22N2O2. The van der Waals surface area contributed by atoms with Gasteiger partial charge >= 0.3 is 5.76 Å². The Balaban J connectivity index is 1.98. The number of oxazole rings is 1. The Labute approximate surface area is 118 Å². The van der Waals surface area contributed by atoms with Crippen LogP contribution in [-0.4, -0.2) is 4.57 Å². The zero-order valence-corrected chi connectivity index (χ0v) is 12.1. The van der Waals surface area contributed by atoms with Crippen molar-refractivity contribution in [1.82, 2.24) is 4.57 Å². The fourth-order valence-electron chi connectivity index (χ4n) is 3.54. The van der Waals surface area contributed by atoms with Crippen LogP contribution in [0.25, 0.3) is 11.1 Å². The van der Waals surface area contributed by atoms with E-state index in [4.69, 9.17) is 10.2 Å². The molecule has 3 atom stereocenters. The monoisotopic (exact) mass is 274 g/mol. The lowest BCUT2D eigenvalue weighted by Gasteiger charge is -2.23. The van der Waals surface area contributed by atoms with Crippen molar-refractivity contribution in [2.24, 2.45) is 17.6 Å². The predicted molar refractivity (Wildman–Crippen MR) is 79.6 cm³/mol. The molecule has 20 heavy (non-hydrogen) atoms. The lowest BCUT2D eigenvalue weighted by Crippen LogP contribution is -2.23. The van der Waals surface area contributed by atoms with E-state index in [1.165, 1.54) is 19.3 Å². The van der Waals surface area contributed by atoms with Gasteiger partial charge in [0.25, 0.3) is 0 Å². The van der Waals surface area contributed by atoms with Gasteiger partial charge in [-0.3, -0.25) is 4.57 Å². The van der Waals surface area contributed by atoms with E-state index < -0.39 is 0 Å². The summed E-state index contributed by atoms with van der Waals surface area (Å²) in [6.45, 7) is 4.84. The van der Waals surface area contributed by atoms with Crippen molar-refractivity contribution < 1.29 is 4.42 Å². The molecule has 2 aromatic rings. The van der Waals surface area contributed by atoms with Gasteiger partial charge in [0, 0.05) is 12.6 Å². The largest absolute Gasteiger partial charge is 0.419 e. The first-order valence-corrected chi connectivity index (χ1v) is 7.50. The third kappa shape index (κ3) is 2.08. The molecule has 3 unspecified atom stereocenters. The van der Waals surface area contributed by atoms with E-state index in [0.29, 0.717) is 24.0 Å². The molecule has 108 valence electrons. The molecule has 0 spiro atoms. The van der Waals surface area contributed by atoms with E-state index in [1.54, 1.807) is 4.57 Å². The zero-order chi connectivity index (χ0) is 14.3. The van der Waals surface area contributed by atoms with Crippen molar-refractivity contribution in [3.8, 4) is 0 Å². The Bertz CT molecular complexity index is 671. The number of nitrogens with zero attached hydrogens (tertiary/aromatic N) is 1. The van der Waals surface area contributed by atoms with Crippen molar-refractivity contribution in [3.63, 3.8) is 0 Å². The minimum Gasteiger partial charge on any atom is -0.408 e. The van der Waals surface area contributed by atoms with Gasteiger partial charge in [0.05, 0.1) is 5.52 Å². The fraction of sp³-hybridized carbons (Fsp3) is 0.562. The summed E-state index contributed by atoms with van der Waals surface area (Å²) in [5.74, 6) is 0.919. The Kier molecular flexibility index (Phi) is 3.42. The summed E-state index contributed by atoms with van der Waals surface area (Å²) in [5, 5.41) is 0. The number of fused-ring (bicyclic) bond motifs is 1. The second-order valence-electron chi connectivity index (χ2n) is 5.94. The van der Waals surface area contributed by atoms with E-state index in [0.717, 1.165) is 11.1 Å². The summed E-state index contributed by atoms with van der Waals surface area (Å²) >= 11 is 0. The molecule has 0 aliphatic heterocycles. The molecule has 4 heteroatoms. The standard InChI is InChI=1S/C16H22N2O2/c1-3-18-13-8-7-11(9-14(13)20-16(18)19)15(17)12-6-4-5-10(12)2/h7-10,12,15H,3-6,17H2,1-2H3. The number of aromatic nitrogens is 1. The van der Waals surface area contributed by atoms with Gasteiger partial charge in [0.2, 0.25) is 0 Å². The van der Waals surface area contributed by atoms with Crippen LogP contribution in [0.15, 0.2) is 27.4 Å². The maximum Gasteiger partial charge on any atom is 0.419 e. The van der Waals surface area contributed by atoms with Crippen LogP contribution < -0.4 is 11.5 Å². The van der Waals surface area contributed by atoms with Crippen LogP contribution in [0.2, 0.25) is 0 Å². The van der Waals surface area contributed by atoms with Crippen molar-refractivity contribution in [3.05, 3.63) is 34.3 Å². The summed E-state index contributed by atoms with van der Waals surface area (Å²) < 4.78 is 6.96. The molecule has 1 fully saturated rings. The Morgan fingerprint density at radius 3 is 2.90 bits per heavy atom.